The second kappa shape index (κ2) is 9.52. The minimum absolute atomic E-state index is 0.0280. The minimum atomic E-state index is -2.06. The number of ether oxygens (including phenoxy) is 5. The largest absolute Gasteiger partial charge is 0.457 e. The molecule has 5 atom stereocenters. The van der Waals surface area contributed by atoms with Gasteiger partial charge in [-0.1, -0.05) is 51.1 Å². The highest BCUT2D eigenvalue weighted by atomic mass is 28.4. The van der Waals surface area contributed by atoms with Crippen LogP contribution in [-0.4, -0.2) is 57.4 Å². The fourth-order valence-corrected chi connectivity index (χ4v) is 4.69. The third kappa shape index (κ3) is 5.98. The number of hydrogen-bond donors (Lipinski definition) is 0. The predicted octanol–water partition coefficient (Wildman–Crippen LogP) is 4.40. The number of carbonyl (C=O) groups is 1. The molecule has 3 rings (SSSR count). The van der Waals surface area contributed by atoms with Crippen molar-refractivity contribution in [1.82, 2.24) is 0 Å². The Morgan fingerprint density at radius 2 is 1.81 bits per heavy atom. The molecule has 5 unspecified atom stereocenters. The first-order valence-electron chi connectivity index (χ1n) is 11.3. The summed E-state index contributed by atoms with van der Waals surface area (Å²) >= 11 is 0. The molecule has 180 valence electrons. The molecule has 0 radical (unpaired) electrons. The molecule has 8 heteroatoms. The van der Waals surface area contributed by atoms with E-state index in [9.17, 15) is 4.79 Å². The average molecular weight is 467 g/mol. The van der Waals surface area contributed by atoms with Gasteiger partial charge in [0.2, 0.25) is 0 Å². The van der Waals surface area contributed by atoms with Crippen molar-refractivity contribution >= 4 is 14.3 Å². The number of fused-ring (bicyclic) bond motifs is 1. The van der Waals surface area contributed by atoms with Crippen molar-refractivity contribution in [1.29, 1.82) is 0 Å². The maximum atomic E-state index is 11.9. The zero-order chi connectivity index (χ0) is 23.7. The molecule has 32 heavy (non-hydrogen) atoms. The van der Waals surface area contributed by atoms with Gasteiger partial charge in [-0.3, -0.25) is 4.79 Å². The Kier molecular flexibility index (Phi) is 7.54. The van der Waals surface area contributed by atoms with Crippen LogP contribution in [0.5, 0.6) is 0 Å². The lowest BCUT2D eigenvalue weighted by molar-refractivity contribution is -0.235. The Morgan fingerprint density at radius 1 is 1.16 bits per heavy atom. The Hall–Kier alpha value is -1.29. The molecule has 2 fully saturated rings. The van der Waals surface area contributed by atoms with Crippen molar-refractivity contribution in [3.8, 4) is 0 Å². The van der Waals surface area contributed by atoms with Crippen LogP contribution in [0.2, 0.25) is 18.1 Å². The monoisotopic (exact) mass is 466 g/mol. The molecule has 0 aromatic heterocycles. The predicted molar refractivity (Wildman–Crippen MR) is 122 cm³/mol. The first kappa shape index (κ1) is 25.3. The summed E-state index contributed by atoms with van der Waals surface area (Å²) in [7, 11) is -2.06. The maximum absolute atomic E-state index is 11.9. The maximum Gasteiger partial charge on any atom is 0.303 e. The highest BCUT2D eigenvalue weighted by molar-refractivity contribution is 6.74. The van der Waals surface area contributed by atoms with Crippen molar-refractivity contribution in [3.63, 3.8) is 0 Å². The van der Waals surface area contributed by atoms with Crippen molar-refractivity contribution in [2.24, 2.45) is 0 Å². The third-order valence-corrected chi connectivity index (χ3v) is 10.9. The molecule has 0 N–H and O–H groups in total. The van der Waals surface area contributed by atoms with Crippen LogP contribution in [0.15, 0.2) is 30.3 Å². The second-order valence-corrected chi connectivity index (χ2v) is 15.4. The summed E-state index contributed by atoms with van der Waals surface area (Å²) in [5.41, 5.74) is 1.04. The topological polar surface area (TPSA) is 72.5 Å². The van der Waals surface area contributed by atoms with Gasteiger partial charge in [-0.25, -0.2) is 0 Å². The van der Waals surface area contributed by atoms with Gasteiger partial charge >= 0.3 is 5.97 Å². The normalized spacial score (nSPS) is 28.4. The van der Waals surface area contributed by atoms with Gasteiger partial charge < -0.3 is 28.1 Å². The van der Waals surface area contributed by atoms with E-state index in [1.165, 1.54) is 6.92 Å². The molecule has 2 aliphatic rings. The zero-order valence-corrected chi connectivity index (χ0v) is 21.5. The van der Waals surface area contributed by atoms with Crippen molar-refractivity contribution in [2.75, 3.05) is 6.61 Å². The third-order valence-electron chi connectivity index (χ3n) is 6.41. The van der Waals surface area contributed by atoms with Crippen LogP contribution in [0.1, 0.15) is 47.1 Å². The lowest BCUT2D eigenvalue weighted by atomic mass is 10.1. The van der Waals surface area contributed by atoms with Crippen molar-refractivity contribution < 1.29 is 32.9 Å². The van der Waals surface area contributed by atoms with E-state index in [4.69, 9.17) is 28.1 Å². The lowest BCUT2D eigenvalue weighted by Crippen LogP contribution is -2.49. The number of benzene rings is 1. The first-order chi connectivity index (χ1) is 14.8. The van der Waals surface area contributed by atoms with Gasteiger partial charge in [0.15, 0.2) is 26.5 Å². The molecule has 2 saturated heterocycles. The van der Waals surface area contributed by atoms with Gasteiger partial charge in [-0.05, 0) is 37.5 Å². The molecule has 0 amide bonds. The van der Waals surface area contributed by atoms with E-state index in [0.29, 0.717) is 6.61 Å². The SMILES string of the molecule is CC(=O)OC(CO[Si](C)(C)C(C)(C)C)C1OC2OC(C)(C)OC2C1OCc1ccccc1. The number of rotatable bonds is 8. The summed E-state index contributed by atoms with van der Waals surface area (Å²) in [6.07, 6.45) is -2.71. The van der Waals surface area contributed by atoms with Crippen LogP contribution in [-0.2, 0) is 39.5 Å². The Bertz CT molecular complexity index is 774. The van der Waals surface area contributed by atoms with E-state index < -0.39 is 50.8 Å². The van der Waals surface area contributed by atoms with Gasteiger partial charge in [0.05, 0.1) is 13.2 Å². The van der Waals surface area contributed by atoms with Crippen LogP contribution < -0.4 is 0 Å². The van der Waals surface area contributed by atoms with E-state index >= 15 is 0 Å². The summed E-state index contributed by atoms with van der Waals surface area (Å²) < 4.78 is 36.7. The summed E-state index contributed by atoms with van der Waals surface area (Å²) in [6, 6.07) is 9.91. The Balaban J connectivity index is 1.79. The van der Waals surface area contributed by atoms with Crippen LogP contribution >= 0.6 is 0 Å². The molecule has 0 spiro atoms. The van der Waals surface area contributed by atoms with Crippen molar-refractivity contribution in [2.45, 2.75) is 103 Å². The minimum Gasteiger partial charge on any atom is -0.457 e. The average Bonchev–Trinajstić information content (AvgIpc) is 3.14. The number of esters is 1. The molecule has 1 aromatic carbocycles. The van der Waals surface area contributed by atoms with Crippen LogP contribution in [0, 0.1) is 0 Å². The lowest BCUT2D eigenvalue weighted by Gasteiger charge is -2.38. The van der Waals surface area contributed by atoms with Crippen molar-refractivity contribution in [3.05, 3.63) is 35.9 Å². The molecule has 0 saturated carbocycles. The Labute approximate surface area is 192 Å². The van der Waals surface area contributed by atoms with Gasteiger partial charge in [0, 0.05) is 6.92 Å². The molecule has 2 aliphatic heterocycles. The molecule has 2 heterocycles. The fourth-order valence-electron chi connectivity index (χ4n) is 3.68. The van der Waals surface area contributed by atoms with Gasteiger partial charge in [-0.15, -0.1) is 0 Å². The fraction of sp³-hybridized carbons (Fsp3) is 0.708. The molecular formula is C24H38O7Si. The zero-order valence-electron chi connectivity index (χ0n) is 20.5. The summed E-state index contributed by atoms with van der Waals surface area (Å²) in [6.45, 7) is 16.6. The van der Waals surface area contributed by atoms with E-state index in [2.05, 4.69) is 33.9 Å². The molecule has 7 nitrogen and oxygen atoms in total. The van der Waals surface area contributed by atoms with E-state index in [0.717, 1.165) is 5.56 Å². The highest BCUT2D eigenvalue weighted by Crippen LogP contribution is 2.41. The summed E-state index contributed by atoms with van der Waals surface area (Å²) in [4.78, 5) is 11.9. The Morgan fingerprint density at radius 3 is 2.41 bits per heavy atom. The first-order valence-corrected chi connectivity index (χ1v) is 14.2. The molecular weight excluding hydrogens is 428 g/mol. The molecule has 0 aliphatic carbocycles. The van der Waals surface area contributed by atoms with Crippen LogP contribution in [0.3, 0.4) is 0 Å². The number of hydrogen-bond acceptors (Lipinski definition) is 7. The second-order valence-electron chi connectivity index (χ2n) is 10.5. The van der Waals surface area contributed by atoms with Gasteiger partial charge in [-0.2, -0.15) is 0 Å². The quantitative estimate of drug-likeness (QED) is 0.415. The van der Waals surface area contributed by atoms with Crippen LogP contribution in [0.4, 0.5) is 0 Å². The summed E-state index contributed by atoms with van der Waals surface area (Å²) in [5.74, 6) is -1.16. The molecule has 0 bridgehead atoms. The van der Waals surface area contributed by atoms with Gasteiger partial charge in [0.25, 0.3) is 0 Å². The number of carbonyl (C=O) groups excluding carboxylic acids is 1. The van der Waals surface area contributed by atoms with Gasteiger partial charge in [0.1, 0.15) is 18.3 Å². The van der Waals surface area contributed by atoms with Crippen LogP contribution in [0.25, 0.3) is 0 Å². The van der Waals surface area contributed by atoms with E-state index in [1.54, 1.807) is 0 Å². The standard InChI is InChI=1S/C24H38O7Si/c1-16(25)28-18(15-27-32(7,8)23(2,3)4)19-20(26-14-17-12-10-9-11-13-17)21-22(29-19)31-24(5,6)30-21/h9-13,18-22H,14-15H2,1-8H3. The molecule has 1 aromatic rings. The van der Waals surface area contributed by atoms with E-state index in [1.807, 2.05) is 44.2 Å². The smallest absolute Gasteiger partial charge is 0.303 e. The van der Waals surface area contributed by atoms with E-state index in [-0.39, 0.29) is 11.6 Å². The summed E-state index contributed by atoms with van der Waals surface area (Å²) in [5, 5.41) is 0.0280. The highest BCUT2D eigenvalue weighted by Gasteiger charge is 2.58.